The molecule has 63 heavy (non-hydrogen) atoms. The number of rotatable bonds is 13. The minimum atomic E-state index is -1.04. The van der Waals surface area contributed by atoms with Crippen molar-refractivity contribution in [2.24, 2.45) is 11.5 Å². The average molecular weight is 843 g/mol. The molecule has 0 saturated heterocycles. The van der Waals surface area contributed by atoms with Crippen LogP contribution in [-0.4, -0.2) is 44.6 Å². The van der Waals surface area contributed by atoms with Gasteiger partial charge in [0, 0.05) is 41.5 Å². The molecule has 0 spiro atoms. The first-order chi connectivity index (χ1) is 30.6. The van der Waals surface area contributed by atoms with E-state index in [-0.39, 0.29) is 12.3 Å². The van der Waals surface area contributed by atoms with E-state index in [0.717, 1.165) is 68.3 Å². The summed E-state index contributed by atoms with van der Waals surface area (Å²) in [6.07, 6.45) is 2.61. The number of nitrogens with two attached hydrogens (primary N) is 2. The number of hydrogen-bond donors (Lipinski definition) is 3. The molecule has 6 aromatic carbocycles. The fraction of sp³-hybridized carbons (Fsp3) is 0.176. The highest BCUT2D eigenvalue weighted by Crippen LogP contribution is 2.44. The summed E-state index contributed by atoms with van der Waals surface area (Å²) in [4.78, 5) is 57.8. The van der Waals surface area contributed by atoms with Crippen LogP contribution in [0.4, 0.5) is 0 Å². The van der Waals surface area contributed by atoms with Gasteiger partial charge >= 0.3 is 11.9 Å². The van der Waals surface area contributed by atoms with Gasteiger partial charge < -0.3 is 30.4 Å². The van der Waals surface area contributed by atoms with Crippen molar-refractivity contribution in [2.45, 2.75) is 51.6 Å². The lowest BCUT2D eigenvalue weighted by atomic mass is 9.84. The molecule has 9 rings (SSSR count). The zero-order chi connectivity index (χ0) is 44.0. The van der Waals surface area contributed by atoms with E-state index in [0.29, 0.717) is 47.3 Å². The Hall–Kier alpha value is -7.86. The minimum Gasteiger partial charge on any atom is -0.481 e. The summed E-state index contributed by atoms with van der Waals surface area (Å²) in [7, 11) is 0. The highest BCUT2D eigenvalue weighted by atomic mass is 17.2. The lowest BCUT2D eigenvalue weighted by molar-refractivity contribution is -0.212. The number of primary amides is 2. The van der Waals surface area contributed by atoms with Gasteiger partial charge in [0.15, 0.2) is 12.4 Å². The smallest absolute Gasteiger partial charge is 0.355 e. The first kappa shape index (κ1) is 41.9. The van der Waals surface area contributed by atoms with Crippen LogP contribution in [0.15, 0.2) is 140 Å². The second-order valence-corrected chi connectivity index (χ2v) is 15.3. The maximum absolute atomic E-state index is 12.4. The number of hydrogen-bond acceptors (Lipinski definition) is 7. The van der Waals surface area contributed by atoms with Gasteiger partial charge in [-0.1, -0.05) is 110 Å². The van der Waals surface area contributed by atoms with Crippen molar-refractivity contribution in [3.05, 3.63) is 167 Å². The van der Waals surface area contributed by atoms with Gasteiger partial charge in [-0.15, -0.1) is 0 Å². The van der Waals surface area contributed by atoms with Gasteiger partial charge in [0.05, 0.1) is 27.9 Å². The third kappa shape index (κ3) is 8.56. The molecule has 12 nitrogen and oxygen atoms in total. The number of carboxylic acid groups (broad SMARTS) is 1. The van der Waals surface area contributed by atoms with Gasteiger partial charge in [-0.2, -0.15) is 0 Å². The summed E-state index contributed by atoms with van der Waals surface area (Å²) in [5.74, 6) is -1.99. The zero-order valence-corrected chi connectivity index (χ0v) is 34.7. The number of aliphatic carboxylic acids is 1. The van der Waals surface area contributed by atoms with E-state index in [1.165, 1.54) is 0 Å². The fourth-order valence-corrected chi connectivity index (χ4v) is 8.68. The standard InChI is InChI=1S/C29H24N2O4.C22H22N2O4/c1-2-26(32)35-34-25-17-9-16-24-28(25)27-22(29(30)33)14-8-15-23(27)31(24)18-20-12-6-7-13-21(20)19-10-4-3-5-11-19;23-22(27)15-8-4-9-16-20(15)21-17(10-5-11-18(21)28-13-19(25)26)24(16)12-14-6-2-1-3-7-14/h3-17H,2,18H2,1H3,(H2,30,33);1-3,5-7,10-11,15H,4,8-9,12-13H2,(H2,23,27)(H,25,26). The Morgan fingerprint density at radius 2 is 1.32 bits per heavy atom. The molecular formula is C51H46N4O8. The van der Waals surface area contributed by atoms with E-state index < -0.39 is 30.4 Å². The molecule has 12 heteroatoms. The van der Waals surface area contributed by atoms with E-state index in [4.69, 9.17) is 31.1 Å². The first-order valence-corrected chi connectivity index (χ1v) is 20.8. The molecule has 0 radical (unpaired) electrons. The van der Waals surface area contributed by atoms with Crippen molar-refractivity contribution in [3.8, 4) is 22.6 Å². The maximum Gasteiger partial charge on any atom is 0.355 e. The van der Waals surface area contributed by atoms with Gasteiger partial charge in [-0.05, 0) is 83.5 Å². The van der Waals surface area contributed by atoms with Crippen molar-refractivity contribution in [2.75, 3.05) is 6.61 Å². The van der Waals surface area contributed by atoms with Crippen LogP contribution in [0.5, 0.6) is 11.5 Å². The summed E-state index contributed by atoms with van der Waals surface area (Å²) >= 11 is 0. The van der Waals surface area contributed by atoms with Crippen LogP contribution < -0.4 is 21.1 Å². The molecule has 0 bridgehead atoms. The van der Waals surface area contributed by atoms with Gasteiger partial charge in [-0.25, -0.2) is 9.59 Å². The number of ether oxygens (including phenoxy) is 1. The lowest BCUT2D eigenvalue weighted by Crippen LogP contribution is -2.25. The zero-order valence-electron chi connectivity index (χ0n) is 34.7. The summed E-state index contributed by atoms with van der Waals surface area (Å²) in [5.41, 5.74) is 20.9. The Balaban J connectivity index is 0.000000177. The molecule has 0 aliphatic heterocycles. The van der Waals surface area contributed by atoms with Crippen LogP contribution in [0.1, 0.15) is 64.8 Å². The molecule has 2 heterocycles. The summed E-state index contributed by atoms with van der Waals surface area (Å²) in [5, 5.41) is 11.2. The highest BCUT2D eigenvalue weighted by molar-refractivity contribution is 6.19. The van der Waals surface area contributed by atoms with Crippen LogP contribution in [0.2, 0.25) is 0 Å². The maximum atomic E-state index is 12.4. The summed E-state index contributed by atoms with van der Waals surface area (Å²) < 4.78 is 9.92. The molecule has 1 unspecified atom stereocenters. The first-order valence-electron chi connectivity index (χ1n) is 20.8. The number of carbonyl (C=O) groups excluding carboxylic acids is 3. The normalized spacial score (nSPS) is 13.2. The summed E-state index contributed by atoms with van der Waals surface area (Å²) in [6, 6.07) is 45.1. The molecule has 2 amide bonds. The molecular weight excluding hydrogens is 797 g/mol. The van der Waals surface area contributed by atoms with Crippen molar-refractivity contribution in [1.29, 1.82) is 0 Å². The number of nitrogens with zero attached hydrogens (tertiary/aromatic N) is 2. The monoisotopic (exact) mass is 842 g/mol. The molecule has 1 aliphatic rings. The average Bonchev–Trinajstić information content (AvgIpc) is 3.81. The number of amides is 2. The molecule has 5 N–H and O–H groups in total. The van der Waals surface area contributed by atoms with E-state index in [2.05, 4.69) is 45.5 Å². The molecule has 318 valence electrons. The lowest BCUT2D eigenvalue weighted by Gasteiger charge is -2.22. The number of aromatic nitrogens is 2. The molecule has 0 fully saturated rings. The largest absolute Gasteiger partial charge is 0.481 e. The van der Waals surface area contributed by atoms with Gasteiger partial charge in [0.2, 0.25) is 11.8 Å². The van der Waals surface area contributed by atoms with E-state index in [9.17, 15) is 19.2 Å². The van der Waals surface area contributed by atoms with E-state index in [1.54, 1.807) is 25.1 Å². The second-order valence-electron chi connectivity index (χ2n) is 15.3. The Morgan fingerprint density at radius 3 is 2.00 bits per heavy atom. The van der Waals surface area contributed by atoms with Gasteiger partial charge in [0.25, 0.3) is 0 Å². The Kier molecular flexibility index (Phi) is 12.2. The topological polar surface area (TPSA) is 178 Å². The van der Waals surface area contributed by atoms with Crippen molar-refractivity contribution in [1.82, 2.24) is 9.13 Å². The van der Waals surface area contributed by atoms with E-state index in [1.807, 2.05) is 84.9 Å². The minimum absolute atomic E-state index is 0.181. The number of benzene rings is 6. The molecule has 0 saturated carbocycles. The number of carbonyl (C=O) groups is 4. The quantitative estimate of drug-likeness (QED) is 0.0761. The molecule has 8 aromatic rings. The molecule has 2 aromatic heterocycles. The van der Waals surface area contributed by atoms with Gasteiger partial charge in [-0.3, -0.25) is 19.4 Å². The van der Waals surface area contributed by atoms with Crippen molar-refractivity contribution >= 4 is 56.5 Å². The Morgan fingerprint density at radius 1 is 0.683 bits per heavy atom. The van der Waals surface area contributed by atoms with Gasteiger partial charge in [0.1, 0.15) is 5.75 Å². The second kappa shape index (κ2) is 18.4. The fourth-order valence-electron chi connectivity index (χ4n) is 8.68. The van der Waals surface area contributed by atoms with Crippen molar-refractivity contribution in [3.63, 3.8) is 0 Å². The predicted octanol–water partition coefficient (Wildman–Crippen LogP) is 8.91. The van der Waals surface area contributed by atoms with Crippen LogP contribution in [0.25, 0.3) is 43.8 Å². The van der Waals surface area contributed by atoms with E-state index >= 15 is 0 Å². The third-order valence-electron chi connectivity index (χ3n) is 11.4. The van der Waals surface area contributed by atoms with Crippen LogP contribution in [0.3, 0.4) is 0 Å². The Labute approximate surface area is 363 Å². The third-order valence-corrected chi connectivity index (χ3v) is 11.4. The molecule has 1 atom stereocenters. The SMILES string of the molecule is CCC(=O)OOc1cccc2c1c1c(C(N)=O)cccc1n2Cc1ccccc1-c1ccccc1.NC(=O)C1CCCc2c1c1c(OCC(=O)O)cccc1n2Cc1ccccc1. The number of carboxylic acids is 1. The predicted molar refractivity (Wildman–Crippen MR) is 241 cm³/mol. The van der Waals surface area contributed by atoms with Crippen LogP contribution in [-0.2, 0) is 38.8 Å². The van der Waals surface area contributed by atoms with Crippen LogP contribution in [0, 0.1) is 0 Å². The highest BCUT2D eigenvalue weighted by Gasteiger charge is 2.32. The Bertz CT molecular complexity index is 2990. The number of fused-ring (bicyclic) bond motifs is 6. The summed E-state index contributed by atoms with van der Waals surface area (Å²) in [6.45, 7) is 2.47. The molecule has 1 aliphatic carbocycles. The van der Waals surface area contributed by atoms with Crippen molar-refractivity contribution < 1.29 is 38.8 Å². The van der Waals surface area contributed by atoms with Crippen LogP contribution >= 0.6 is 0 Å².